The average molecular weight is 314 g/mol. The molecule has 0 saturated heterocycles. The number of rotatable bonds is 3. The van der Waals surface area contributed by atoms with Crippen molar-refractivity contribution in [3.8, 4) is 0 Å². The van der Waals surface area contributed by atoms with Gasteiger partial charge >= 0.3 is 0 Å². The van der Waals surface area contributed by atoms with Crippen LogP contribution < -0.4 is 5.32 Å². The minimum absolute atomic E-state index is 0.0586. The fourth-order valence-corrected chi connectivity index (χ4v) is 2.60. The third-order valence-electron chi connectivity index (χ3n) is 3.74. The first-order valence-electron chi connectivity index (χ1n) is 7.04. The molecule has 0 saturated carbocycles. The van der Waals surface area contributed by atoms with E-state index < -0.39 is 0 Å². The van der Waals surface area contributed by atoms with Crippen molar-refractivity contribution >= 4 is 28.5 Å². The molecule has 112 valence electrons. The largest absolute Gasteiger partial charge is 0.346 e. The maximum absolute atomic E-state index is 12.4. The van der Waals surface area contributed by atoms with Gasteiger partial charge in [-0.25, -0.2) is 4.98 Å². The number of fused-ring (bicyclic) bond motifs is 1. The van der Waals surface area contributed by atoms with E-state index in [1.807, 2.05) is 50.4 Å². The highest BCUT2D eigenvalue weighted by Crippen LogP contribution is 2.20. The molecule has 1 aromatic heterocycles. The van der Waals surface area contributed by atoms with Crippen molar-refractivity contribution in [2.45, 2.75) is 13.0 Å². The van der Waals surface area contributed by atoms with E-state index >= 15 is 0 Å². The van der Waals surface area contributed by atoms with Crippen molar-refractivity contribution in [2.24, 2.45) is 7.05 Å². The molecule has 0 aliphatic rings. The third-order valence-corrected chi connectivity index (χ3v) is 4.07. The highest BCUT2D eigenvalue weighted by Gasteiger charge is 2.13. The summed E-state index contributed by atoms with van der Waals surface area (Å²) in [6.07, 6.45) is 0. The molecule has 1 atom stereocenters. The van der Waals surface area contributed by atoms with Crippen LogP contribution in [0.5, 0.6) is 0 Å². The predicted octanol–water partition coefficient (Wildman–Crippen LogP) is 3.72. The molecule has 0 fully saturated rings. The lowest BCUT2D eigenvalue weighted by Crippen LogP contribution is -2.26. The molecule has 1 N–H and O–H groups in total. The van der Waals surface area contributed by atoms with Gasteiger partial charge in [0.05, 0.1) is 17.1 Å². The Morgan fingerprint density at radius 1 is 1.23 bits per heavy atom. The number of imidazole rings is 1. The molecule has 3 rings (SSSR count). The summed E-state index contributed by atoms with van der Waals surface area (Å²) in [7, 11) is 1.84. The fourth-order valence-electron chi connectivity index (χ4n) is 2.42. The van der Waals surface area contributed by atoms with Gasteiger partial charge in [0.25, 0.3) is 5.91 Å². The van der Waals surface area contributed by atoms with Gasteiger partial charge in [-0.3, -0.25) is 4.79 Å². The van der Waals surface area contributed by atoms with Crippen LogP contribution in [0.4, 0.5) is 0 Å². The smallest absolute Gasteiger partial charge is 0.251 e. The van der Waals surface area contributed by atoms with Gasteiger partial charge in [-0.15, -0.1) is 0 Å². The quantitative estimate of drug-likeness (QED) is 0.801. The topological polar surface area (TPSA) is 46.9 Å². The number of nitrogens with zero attached hydrogens (tertiary/aromatic N) is 2. The molecule has 0 bridgehead atoms. The van der Waals surface area contributed by atoms with Crippen molar-refractivity contribution < 1.29 is 4.79 Å². The molecular formula is C17H16ClN3O. The van der Waals surface area contributed by atoms with Gasteiger partial charge in [-0.2, -0.15) is 0 Å². The summed E-state index contributed by atoms with van der Waals surface area (Å²) >= 11 is 6.00. The summed E-state index contributed by atoms with van der Waals surface area (Å²) in [4.78, 5) is 16.6. The molecular weight excluding hydrogens is 298 g/mol. The van der Waals surface area contributed by atoms with Gasteiger partial charge in [-0.05, 0) is 42.3 Å². The standard InChI is InChI=1S/C17H16ClN3O/c1-11(12-6-4-3-5-7-12)19-16(22)13-8-9-15-14(10-13)20-17(18)21(15)2/h3-11H,1-2H3,(H,19,22)/t11-/m1/s1. The van der Waals surface area contributed by atoms with Crippen molar-refractivity contribution in [2.75, 3.05) is 0 Å². The molecule has 22 heavy (non-hydrogen) atoms. The number of carbonyl (C=O) groups excluding carboxylic acids is 1. The van der Waals surface area contributed by atoms with Gasteiger partial charge in [0.1, 0.15) is 0 Å². The van der Waals surface area contributed by atoms with E-state index in [4.69, 9.17) is 11.6 Å². The normalized spacial score (nSPS) is 12.3. The average Bonchev–Trinajstić information content (AvgIpc) is 2.82. The SMILES string of the molecule is C[C@@H](NC(=O)c1ccc2c(c1)nc(Cl)n2C)c1ccccc1. The molecule has 2 aromatic carbocycles. The number of hydrogen-bond donors (Lipinski definition) is 1. The van der Waals surface area contributed by atoms with Crippen molar-refractivity contribution in [3.63, 3.8) is 0 Å². The summed E-state index contributed by atoms with van der Waals surface area (Å²) < 4.78 is 1.78. The van der Waals surface area contributed by atoms with E-state index in [0.29, 0.717) is 16.4 Å². The van der Waals surface area contributed by atoms with E-state index in [9.17, 15) is 4.79 Å². The van der Waals surface area contributed by atoms with Gasteiger partial charge in [0.2, 0.25) is 5.28 Å². The molecule has 0 spiro atoms. The third kappa shape index (κ3) is 2.70. The Morgan fingerprint density at radius 3 is 2.68 bits per heavy atom. The molecule has 5 heteroatoms. The number of carbonyl (C=O) groups is 1. The number of hydrogen-bond acceptors (Lipinski definition) is 2. The molecule has 1 heterocycles. The first kappa shape index (κ1) is 14.6. The Bertz CT molecular complexity index is 827. The van der Waals surface area contributed by atoms with Crippen LogP contribution >= 0.6 is 11.6 Å². The van der Waals surface area contributed by atoms with Crippen LogP contribution in [0.2, 0.25) is 5.28 Å². The van der Waals surface area contributed by atoms with E-state index in [1.54, 1.807) is 16.7 Å². The summed E-state index contributed by atoms with van der Waals surface area (Å²) in [6.45, 7) is 1.96. The molecule has 0 aliphatic heterocycles. The van der Waals surface area contributed by atoms with E-state index in [2.05, 4.69) is 10.3 Å². The Labute approximate surface area is 133 Å². The van der Waals surface area contributed by atoms with Crippen LogP contribution in [-0.4, -0.2) is 15.5 Å². The summed E-state index contributed by atoms with van der Waals surface area (Å²) in [5.41, 5.74) is 3.26. The Morgan fingerprint density at radius 2 is 1.95 bits per heavy atom. The maximum atomic E-state index is 12.4. The van der Waals surface area contributed by atoms with E-state index in [-0.39, 0.29) is 11.9 Å². The van der Waals surface area contributed by atoms with E-state index in [0.717, 1.165) is 11.1 Å². The van der Waals surface area contributed by atoms with Gasteiger partial charge < -0.3 is 9.88 Å². The van der Waals surface area contributed by atoms with Crippen LogP contribution in [0.15, 0.2) is 48.5 Å². The Kier molecular flexibility index (Phi) is 3.86. The first-order valence-corrected chi connectivity index (χ1v) is 7.42. The highest BCUT2D eigenvalue weighted by atomic mass is 35.5. The molecule has 3 aromatic rings. The number of amides is 1. The molecule has 0 unspecified atom stereocenters. The first-order chi connectivity index (χ1) is 10.6. The van der Waals surface area contributed by atoms with Crippen molar-refractivity contribution in [3.05, 3.63) is 64.9 Å². The number of nitrogens with one attached hydrogen (secondary N) is 1. The number of aromatic nitrogens is 2. The van der Waals surface area contributed by atoms with Crippen molar-refractivity contribution in [1.82, 2.24) is 14.9 Å². The zero-order chi connectivity index (χ0) is 15.7. The number of halogens is 1. The Balaban J connectivity index is 1.83. The summed E-state index contributed by atoms with van der Waals surface area (Å²) in [6, 6.07) is 15.2. The lowest BCUT2D eigenvalue weighted by molar-refractivity contribution is 0.0940. The summed E-state index contributed by atoms with van der Waals surface area (Å²) in [5, 5.41) is 3.40. The van der Waals surface area contributed by atoms with Crippen LogP contribution in [0, 0.1) is 0 Å². The van der Waals surface area contributed by atoms with Crippen LogP contribution in [0.25, 0.3) is 11.0 Å². The monoisotopic (exact) mass is 313 g/mol. The Hall–Kier alpha value is -2.33. The van der Waals surface area contributed by atoms with Crippen LogP contribution in [0.3, 0.4) is 0 Å². The zero-order valence-corrected chi connectivity index (χ0v) is 13.1. The fraction of sp³-hybridized carbons (Fsp3) is 0.176. The van der Waals surface area contributed by atoms with Crippen LogP contribution in [0.1, 0.15) is 28.9 Å². The maximum Gasteiger partial charge on any atom is 0.251 e. The van der Waals surface area contributed by atoms with Crippen molar-refractivity contribution in [1.29, 1.82) is 0 Å². The second-order valence-electron chi connectivity index (χ2n) is 5.25. The molecule has 0 aliphatic carbocycles. The summed E-state index contributed by atoms with van der Waals surface area (Å²) in [5.74, 6) is -0.125. The highest BCUT2D eigenvalue weighted by molar-refractivity contribution is 6.29. The van der Waals surface area contributed by atoms with E-state index in [1.165, 1.54) is 0 Å². The van der Waals surface area contributed by atoms with Gasteiger partial charge in [0.15, 0.2) is 0 Å². The van der Waals surface area contributed by atoms with Gasteiger partial charge in [-0.1, -0.05) is 30.3 Å². The molecule has 0 radical (unpaired) electrons. The molecule has 4 nitrogen and oxygen atoms in total. The second kappa shape index (κ2) is 5.81. The predicted molar refractivity (Wildman–Crippen MR) is 88.0 cm³/mol. The minimum atomic E-state index is -0.125. The van der Waals surface area contributed by atoms with Gasteiger partial charge in [0, 0.05) is 12.6 Å². The lowest BCUT2D eigenvalue weighted by atomic mass is 10.1. The zero-order valence-electron chi connectivity index (χ0n) is 12.4. The lowest BCUT2D eigenvalue weighted by Gasteiger charge is -2.14. The second-order valence-corrected chi connectivity index (χ2v) is 5.59. The minimum Gasteiger partial charge on any atom is -0.346 e. The number of benzene rings is 2. The number of aryl methyl sites for hydroxylation is 1. The van der Waals surface area contributed by atoms with Crippen LogP contribution in [-0.2, 0) is 7.05 Å². The molecule has 1 amide bonds.